The summed E-state index contributed by atoms with van der Waals surface area (Å²) in [5.74, 6) is 0.897. The summed E-state index contributed by atoms with van der Waals surface area (Å²) in [6.45, 7) is 10.3. The highest BCUT2D eigenvalue weighted by Crippen LogP contribution is 2.37. The van der Waals surface area contributed by atoms with Gasteiger partial charge in [0.05, 0.1) is 19.8 Å². The highest BCUT2D eigenvalue weighted by Gasteiger charge is 2.29. The first-order valence-electron chi connectivity index (χ1n) is 7.34. The highest BCUT2D eigenvalue weighted by molar-refractivity contribution is 4.83. The second-order valence-electron chi connectivity index (χ2n) is 6.47. The van der Waals surface area contributed by atoms with Crippen LogP contribution in [0, 0.1) is 11.3 Å². The van der Waals surface area contributed by atoms with E-state index in [4.69, 9.17) is 9.47 Å². The summed E-state index contributed by atoms with van der Waals surface area (Å²) in [6, 6.07) is 0.703. The second kappa shape index (κ2) is 8.13. The molecule has 0 atom stereocenters. The van der Waals surface area contributed by atoms with Crippen LogP contribution >= 0.6 is 0 Å². The van der Waals surface area contributed by atoms with Crippen LogP contribution in [0.25, 0.3) is 0 Å². The molecule has 0 aliphatic heterocycles. The second-order valence-corrected chi connectivity index (χ2v) is 6.47. The molecule has 1 rings (SSSR count). The van der Waals surface area contributed by atoms with E-state index < -0.39 is 0 Å². The van der Waals surface area contributed by atoms with Crippen LogP contribution in [0.4, 0.5) is 0 Å². The van der Waals surface area contributed by atoms with Gasteiger partial charge >= 0.3 is 0 Å². The van der Waals surface area contributed by atoms with E-state index in [0.29, 0.717) is 24.7 Å². The molecule has 18 heavy (non-hydrogen) atoms. The molecule has 3 nitrogen and oxygen atoms in total. The zero-order valence-electron chi connectivity index (χ0n) is 12.6. The number of nitrogens with one attached hydrogen (secondary N) is 1. The summed E-state index contributed by atoms with van der Waals surface area (Å²) in [5, 5.41) is 3.60. The minimum Gasteiger partial charge on any atom is -0.382 e. The largest absolute Gasteiger partial charge is 0.382 e. The minimum absolute atomic E-state index is 0.480. The fourth-order valence-corrected chi connectivity index (χ4v) is 2.74. The Morgan fingerprint density at radius 3 is 2.22 bits per heavy atom. The molecule has 0 aromatic carbocycles. The molecule has 0 aromatic heterocycles. The van der Waals surface area contributed by atoms with Gasteiger partial charge in [-0.3, -0.25) is 0 Å². The SMILES string of the molecule is COCCOCCNC1CCC(C(C)(C)C)CC1. The van der Waals surface area contributed by atoms with Crippen LogP contribution in [0.2, 0.25) is 0 Å². The van der Waals surface area contributed by atoms with Gasteiger partial charge in [-0.05, 0) is 37.0 Å². The molecule has 3 heteroatoms. The van der Waals surface area contributed by atoms with Gasteiger partial charge in [-0.25, -0.2) is 0 Å². The van der Waals surface area contributed by atoms with Crippen molar-refractivity contribution in [1.29, 1.82) is 0 Å². The van der Waals surface area contributed by atoms with Gasteiger partial charge in [0.1, 0.15) is 0 Å². The lowest BCUT2D eigenvalue weighted by Crippen LogP contribution is -2.37. The van der Waals surface area contributed by atoms with Gasteiger partial charge in [0, 0.05) is 19.7 Å². The predicted octanol–water partition coefficient (Wildman–Crippen LogP) is 2.84. The molecule has 0 spiro atoms. The van der Waals surface area contributed by atoms with E-state index in [0.717, 1.165) is 19.1 Å². The van der Waals surface area contributed by atoms with Crippen molar-refractivity contribution >= 4 is 0 Å². The molecule has 1 aliphatic rings. The third-order valence-electron chi connectivity index (χ3n) is 4.06. The zero-order chi connectivity index (χ0) is 13.4. The molecule has 0 bridgehead atoms. The Bertz CT molecular complexity index is 205. The van der Waals surface area contributed by atoms with Crippen LogP contribution in [0.5, 0.6) is 0 Å². The van der Waals surface area contributed by atoms with Crippen LogP contribution in [-0.2, 0) is 9.47 Å². The van der Waals surface area contributed by atoms with Gasteiger partial charge in [-0.15, -0.1) is 0 Å². The smallest absolute Gasteiger partial charge is 0.0700 e. The quantitative estimate of drug-likeness (QED) is 0.711. The van der Waals surface area contributed by atoms with Gasteiger partial charge < -0.3 is 14.8 Å². The Kier molecular flexibility index (Phi) is 7.20. The summed E-state index contributed by atoms with van der Waals surface area (Å²) in [7, 11) is 1.70. The van der Waals surface area contributed by atoms with Crippen molar-refractivity contribution in [2.45, 2.75) is 52.5 Å². The molecule has 1 saturated carbocycles. The number of hydrogen-bond donors (Lipinski definition) is 1. The molecular weight excluding hydrogens is 226 g/mol. The van der Waals surface area contributed by atoms with Gasteiger partial charge in [-0.2, -0.15) is 0 Å². The van der Waals surface area contributed by atoms with Gasteiger partial charge in [0.15, 0.2) is 0 Å². The van der Waals surface area contributed by atoms with E-state index in [2.05, 4.69) is 26.1 Å². The van der Waals surface area contributed by atoms with E-state index in [-0.39, 0.29) is 0 Å². The predicted molar refractivity (Wildman–Crippen MR) is 75.9 cm³/mol. The first kappa shape index (κ1) is 15.9. The van der Waals surface area contributed by atoms with Crippen LogP contribution in [-0.4, -0.2) is 39.5 Å². The lowest BCUT2D eigenvalue weighted by atomic mass is 9.71. The Balaban J connectivity index is 2.02. The van der Waals surface area contributed by atoms with Crippen LogP contribution in [0.15, 0.2) is 0 Å². The molecule has 108 valence electrons. The lowest BCUT2D eigenvalue weighted by molar-refractivity contribution is 0.0694. The number of hydrogen-bond acceptors (Lipinski definition) is 3. The van der Waals surface area contributed by atoms with E-state index in [1.54, 1.807) is 7.11 Å². The van der Waals surface area contributed by atoms with Gasteiger partial charge in [0.2, 0.25) is 0 Å². The maximum atomic E-state index is 5.45. The molecule has 0 heterocycles. The number of ether oxygens (including phenoxy) is 2. The van der Waals surface area contributed by atoms with Crippen molar-refractivity contribution in [3.05, 3.63) is 0 Å². The standard InChI is InChI=1S/C15H31NO2/c1-15(2,3)13-5-7-14(8-6-13)16-9-10-18-12-11-17-4/h13-14,16H,5-12H2,1-4H3. The van der Waals surface area contributed by atoms with E-state index in [1.165, 1.54) is 25.7 Å². The molecule has 0 saturated heterocycles. The number of methoxy groups -OCH3 is 1. The molecule has 0 aromatic rings. The molecule has 1 aliphatic carbocycles. The van der Waals surface area contributed by atoms with Crippen molar-refractivity contribution in [2.24, 2.45) is 11.3 Å². The first-order valence-corrected chi connectivity index (χ1v) is 7.34. The van der Waals surface area contributed by atoms with Crippen LogP contribution in [0.3, 0.4) is 0 Å². The normalized spacial score (nSPS) is 25.3. The lowest BCUT2D eigenvalue weighted by Gasteiger charge is -2.37. The van der Waals surface area contributed by atoms with Crippen molar-refractivity contribution in [3.8, 4) is 0 Å². The maximum absolute atomic E-state index is 5.45. The van der Waals surface area contributed by atoms with Gasteiger partial charge in [0.25, 0.3) is 0 Å². The zero-order valence-corrected chi connectivity index (χ0v) is 12.6. The van der Waals surface area contributed by atoms with E-state index in [1.807, 2.05) is 0 Å². The minimum atomic E-state index is 0.480. The molecule has 0 unspecified atom stereocenters. The Labute approximate surface area is 113 Å². The third kappa shape index (κ3) is 6.17. The van der Waals surface area contributed by atoms with E-state index in [9.17, 15) is 0 Å². The van der Waals surface area contributed by atoms with Crippen LogP contribution in [0.1, 0.15) is 46.5 Å². The topological polar surface area (TPSA) is 30.5 Å². The highest BCUT2D eigenvalue weighted by atomic mass is 16.5. The molecule has 1 fully saturated rings. The summed E-state index contributed by atoms with van der Waals surface area (Å²) in [5.41, 5.74) is 0.480. The summed E-state index contributed by atoms with van der Waals surface area (Å²) in [6.07, 6.45) is 5.37. The maximum Gasteiger partial charge on any atom is 0.0700 e. The Morgan fingerprint density at radius 2 is 1.67 bits per heavy atom. The molecule has 0 radical (unpaired) electrons. The fraction of sp³-hybridized carbons (Fsp3) is 1.00. The average molecular weight is 257 g/mol. The average Bonchev–Trinajstić information content (AvgIpc) is 2.33. The van der Waals surface area contributed by atoms with Crippen molar-refractivity contribution in [2.75, 3.05) is 33.5 Å². The Hall–Kier alpha value is -0.120. The number of rotatable bonds is 7. The summed E-state index contributed by atoms with van der Waals surface area (Å²) in [4.78, 5) is 0. The first-order chi connectivity index (χ1) is 8.54. The van der Waals surface area contributed by atoms with Gasteiger partial charge in [-0.1, -0.05) is 20.8 Å². The van der Waals surface area contributed by atoms with Crippen molar-refractivity contribution < 1.29 is 9.47 Å². The van der Waals surface area contributed by atoms with Crippen molar-refractivity contribution in [1.82, 2.24) is 5.32 Å². The monoisotopic (exact) mass is 257 g/mol. The van der Waals surface area contributed by atoms with E-state index >= 15 is 0 Å². The summed E-state index contributed by atoms with van der Waals surface area (Å²) < 4.78 is 10.4. The van der Waals surface area contributed by atoms with Crippen LogP contribution < -0.4 is 5.32 Å². The Morgan fingerprint density at radius 1 is 1.00 bits per heavy atom. The third-order valence-corrected chi connectivity index (χ3v) is 4.06. The molecular formula is C15H31NO2. The van der Waals surface area contributed by atoms with Crippen molar-refractivity contribution in [3.63, 3.8) is 0 Å². The summed E-state index contributed by atoms with van der Waals surface area (Å²) >= 11 is 0. The molecule has 1 N–H and O–H groups in total. The molecule has 0 amide bonds. The fourth-order valence-electron chi connectivity index (χ4n) is 2.74.